The highest BCUT2D eigenvalue weighted by Gasteiger charge is 2.42. The molecule has 10 nitrogen and oxygen atoms in total. The zero-order valence-electron chi connectivity index (χ0n) is 19.4. The Morgan fingerprint density at radius 2 is 1.64 bits per heavy atom. The van der Waals surface area contributed by atoms with Gasteiger partial charge in [0.1, 0.15) is 0 Å². The van der Waals surface area contributed by atoms with Crippen molar-refractivity contribution in [1.29, 1.82) is 0 Å². The number of fused-ring (bicyclic) bond motifs is 1. The Kier molecular flexibility index (Phi) is 15.0. The van der Waals surface area contributed by atoms with Gasteiger partial charge in [0.05, 0.1) is 52.9 Å². The van der Waals surface area contributed by atoms with Crippen molar-refractivity contribution in [2.45, 2.75) is 56.1 Å². The molecule has 3 unspecified atom stereocenters. The zero-order valence-corrected chi connectivity index (χ0v) is 20.2. The average molecular weight is 493 g/mol. The first kappa shape index (κ1) is 28.3. The van der Waals surface area contributed by atoms with Gasteiger partial charge in [0, 0.05) is 48.8 Å². The van der Waals surface area contributed by atoms with Crippen LogP contribution in [-0.4, -0.2) is 105 Å². The Bertz CT molecular complexity index is 554. The maximum Gasteiger partial charge on any atom is 0.220 e. The third-order valence-electron chi connectivity index (χ3n) is 5.60. The summed E-state index contributed by atoms with van der Waals surface area (Å²) in [6.07, 6.45) is 3.01. The van der Waals surface area contributed by atoms with Gasteiger partial charge in [0.2, 0.25) is 11.8 Å². The summed E-state index contributed by atoms with van der Waals surface area (Å²) in [5.41, 5.74) is 0. The molecule has 2 aliphatic heterocycles. The molecule has 0 aromatic heterocycles. The summed E-state index contributed by atoms with van der Waals surface area (Å²) in [7, 11) is 0. The molecule has 0 radical (unpaired) electrons. The second kappa shape index (κ2) is 17.5. The number of nitrogens with one attached hydrogen (secondary N) is 2. The van der Waals surface area contributed by atoms with Crippen LogP contribution >= 0.6 is 11.8 Å². The van der Waals surface area contributed by atoms with E-state index < -0.39 is 6.29 Å². The molecule has 2 saturated heterocycles. The fourth-order valence-corrected chi connectivity index (χ4v) is 5.52. The van der Waals surface area contributed by atoms with Crippen LogP contribution in [-0.2, 0) is 28.5 Å². The van der Waals surface area contributed by atoms with Crippen molar-refractivity contribution < 1.29 is 38.7 Å². The monoisotopic (exact) mass is 492 g/mol. The van der Waals surface area contributed by atoms with Gasteiger partial charge in [-0.2, -0.15) is 11.8 Å². The SMILES string of the molecule is O=C(CCCCC1SCC2NC(=O)CC21)NCCOCCOCCOCCOCCC(O)O. The van der Waals surface area contributed by atoms with Crippen LogP contribution in [0.4, 0.5) is 0 Å². The number of carbonyl (C=O) groups is 2. The minimum absolute atomic E-state index is 0.0539. The summed E-state index contributed by atoms with van der Waals surface area (Å²) in [5, 5.41) is 23.8. The van der Waals surface area contributed by atoms with Gasteiger partial charge >= 0.3 is 0 Å². The van der Waals surface area contributed by atoms with E-state index in [2.05, 4.69) is 10.6 Å². The number of aliphatic hydroxyl groups excluding tert-OH is 1. The lowest BCUT2D eigenvalue weighted by atomic mass is 9.94. The fraction of sp³-hybridized carbons (Fsp3) is 0.909. The number of rotatable bonds is 20. The van der Waals surface area contributed by atoms with Gasteiger partial charge in [-0.15, -0.1) is 0 Å². The van der Waals surface area contributed by atoms with E-state index in [0.717, 1.165) is 25.0 Å². The summed E-state index contributed by atoms with van der Waals surface area (Å²) in [4.78, 5) is 23.4. The van der Waals surface area contributed by atoms with Gasteiger partial charge in [-0.25, -0.2) is 0 Å². The Morgan fingerprint density at radius 1 is 1.00 bits per heavy atom. The molecule has 0 bridgehead atoms. The van der Waals surface area contributed by atoms with E-state index in [1.165, 1.54) is 0 Å². The van der Waals surface area contributed by atoms with Crippen LogP contribution in [0, 0.1) is 5.92 Å². The highest BCUT2D eigenvalue weighted by Crippen LogP contribution is 2.40. The number of hydrogen-bond donors (Lipinski definition) is 4. The largest absolute Gasteiger partial charge is 0.379 e. The van der Waals surface area contributed by atoms with Crippen molar-refractivity contribution in [2.75, 3.05) is 65.2 Å². The van der Waals surface area contributed by atoms with Crippen LogP contribution in [0.15, 0.2) is 0 Å². The summed E-state index contributed by atoms with van der Waals surface area (Å²) in [6, 6.07) is 0.361. The molecule has 4 N–H and O–H groups in total. The lowest BCUT2D eigenvalue weighted by Gasteiger charge is -2.15. The maximum absolute atomic E-state index is 11.9. The quantitative estimate of drug-likeness (QED) is 0.137. The van der Waals surface area contributed by atoms with Crippen LogP contribution in [0.3, 0.4) is 0 Å². The Labute approximate surface area is 200 Å². The van der Waals surface area contributed by atoms with Crippen LogP contribution in [0.25, 0.3) is 0 Å². The minimum Gasteiger partial charge on any atom is -0.379 e. The molecule has 3 atom stereocenters. The summed E-state index contributed by atoms with van der Waals surface area (Å²) < 4.78 is 21.3. The molecule has 0 aromatic carbocycles. The first-order chi connectivity index (χ1) is 16.1. The normalized spacial score (nSPS) is 22.0. The van der Waals surface area contributed by atoms with Gasteiger partial charge in [-0.3, -0.25) is 9.59 Å². The third kappa shape index (κ3) is 12.9. The predicted octanol–water partition coefficient (Wildman–Crippen LogP) is 0.0503. The molecule has 2 amide bonds. The van der Waals surface area contributed by atoms with E-state index in [4.69, 9.17) is 29.2 Å². The average Bonchev–Trinajstić information content (AvgIpc) is 3.33. The van der Waals surface area contributed by atoms with E-state index in [9.17, 15) is 9.59 Å². The molecule has 192 valence electrons. The van der Waals surface area contributed by atoms with Crippen LogP contribution in [0.1, 0.15) is 38.5 Å². The summed E-state index contributed by atoms with van der Waals surface area (Å²) in [5.74, 6) is 1.74. The molecule has 0 spiro atoms. The van der Waals surface area contributed by atoms with Gasteiger partial charge in [0.15, 0.2) is 6.29 Å². The van der Waals surface area contributed by atoms with Crippen molar-refractivity contribution in [3.63, 3.8) is 0 Å². The topological polar surface area (TPSA) is 136 Å². The highest BCUT2D eigenvalue weighted by atomic mass is 32.2. The Morgan fingerprint density at radius 3 is 2.30 bits per heavy atom. The lowest BCUT2D eigenvalue weighted by Crippen LogP contribution is -2.29. The molecule has 2 aliphatic rings. The van der Waals surface area contributed by atoms with Crippen LogP contribution in [0.2, 0.25) is 0 Å². The predicted molar refractivity (Wildman–Crippen MR) is 124 cm³/mol. The molecule has 0 saturated carbocycles. The van der Waals surface area contributed by atoms with E-state index >= 15 is 0 Å². The second-order valence-corrected chi connectivity index (χ2v) is 9.50. The molecule has 2 heterocycles. The van der Waals surface area contributed by atoms with Gasteiger partial charge in [-0.05, 0) is 12.8 Å². The zero-order chi connectivity index (χ0) is 23.7. The second-order valence-electron chi connectivity index (χ2n) is 8.23. The standard InChI is InChI=1S/C22H40N2O8S/c25-20(4-2-1-3-19-17-15-21(26)24-18(17)16-33-19)23-6-8-30-10-12-32-14-13-31-11-9-29-7-5-22(27)28/h17-19,22,27-28H,1-16H2,(H,23,25)(H,24,26). The molecule has 0 aromatic rings. The van der Waals surface area contributed by atoms with Gasteiger partial charge in [-0.1, -0.05) is 6.42 Å². The van der Waals surface area contributed by atoms with E-state index in [1.54, 1.807) is 0 Å². The minimum atomic E-state index is -1.33. The molecule has 0 aliphatic carbocycles. The Balaban J connectivity index is 1.28. The number of unbranched alkanes of at least 4 members (excludes halogenated alkanes) is 1. The molecular formula is C22H40N2O8S. The van der Waals surface area contributed by atoms with Crippen molar-refractivity contribution >= 4 is 23.6 Å². The van der Waals surface area contributed by atoms with E-state index in [1.807, 2.05) is 11.8 Å². The first-order valence-electron chi connectivity index (χ1n) is 11.9. The number of amides is 2. The van der Waals surface area contributed by atoms with Crippen LogP contribution < -0.4 is 10.6 Å². The molecule has 11 heteroatoms. The van der Waals surface area contributed by atoms with Crippen molar-refractivity contribution in [3.8, 4) is 0 Å². The lowest BCUT2D eigenvalue weighted by molar-refractivity contribution is -0.121. The fourth-order valence-electron chi connectivity index (χ4n) is 3.87. The molecule has 2 rings (SSSR count). The van der Waals surface area contributed by atoms with E-state index in [0.29, 0.717) is 82.8 Å². The number of ether oxygens (including phenoxy) is 4. The molecule has 2 fully saturated rings. The van der Waals surface area contributed by atoms with Crippen LogP contribution in [0.5, 0.6) is 0 Å². The first-order valence-corrected chi connectivity index (χ1v) is 13.0. The van der Waals surface area contributed by atoms with Gasteiger partial charge < -0.3 is 39.8 Å². The van der Waals surface area contributed by atoms with Crippen molar-refractivity contribution in [3.05, 3.63) is 0 Å². The number of aliphatic hydroxyl groups is 2. The molecule has 33 heavy (non-hydrogen) atoms. The van der Waals surface area contributed by atoms with E-state index in [-0.39, 0.29) is 24.8 Å². The van der Waals surface area contributed by atoms with Crippen molar-refractivity contribution in [1.82, 2.24) is 10.6 Å². The number of hydrogen-bond acceptors (Lipinski definition) is 9. The maximum atomic E-state index is 11.9. The number of thioether (sulfide) groups is 1. The van der Waals surface area contributed by atoms with Gasteiger partial charge in [0.25, 0.3) is 0 Å². The highest BCUT2D eigenvalue weighted by molar-refractivity contribution is 8.00. The molecular weight excluding hydrogens is 452 g/mol. The number of carbonyl (C=O) groups excluding carboxylic acids is 2. The third-order valence-corrected chi connectivity index (χ3v) is 7.16. The Hall–Kier alpha value is -0.950. The van der Waals surface area contributed by atoms with Crippen molar-refractivity contribution in [2.24, 2.45) is 5.92 Å². The summed E-state index contributed by atoms with van der Waals surface area (Å²) >= 11 is 1.96. The smallest absolute Gasteiger partial charge is 0.220 e. The summed E-state index contributed by atoms with van der Waals surface area (Å²) in [6.45, 7) is 3.91.